The Labute approximate surface area is 269 Å². The summed E-state index contributed by atoms with van der Waals surface area (Å²) in [5.41, 5.74) is 4.23. The molecule has 3 aromatic rings. The third kappa shape index (κ3) is 10.2. The third-order valence-corrected chi connectivity index (χ3v) is 7.66. The highest BCUT2D eigenvalue weighted by Crippen LogP contribution is 2.36. The van der Waals surface area contributed by atoms with Crippen LogP contribution in [0.2, 0.25) is 0 Å². The summed E-state index contributed by atoms with van der Waals surface area (Å²) in [6.45, 7) is 1.78. The molecule has 1 amide bonds. The first kappa shape index (κ1) is 34.1. The number of ether oxygens (including phenoxy) is 4. The summed E-state index contributed by atoms with van der Waals surface area (Å²) < 4.78 is 23.4. The number of amides is 1. The molecule has 0 fully saturated rings. The number of aryl methyl sites for hydroxylation is 1. The topological polar surface area (TPSA) is 132 Å². The summed E-state index contributed by atoms with van der Waals surface area (Å²) in [6, 6.07) is 17.1. The van der Waals surface area contributed by atoms with E-state index in [-0.39, 0.29) is 25.4 Å². The van der Waals surface area contributed by atoms with Gasteiger partial charge in [0, 0.05) is 32.5 Å². The molecule has 1 heterocycles. The number of carboxylic acid groups (broad SMARTS) is 2. The van der Waals surface area contributed by atoms with Gasteiger partial charge in [-0.1, -0.05) is 31.0 Å². The van der Waals surface area contributed by atoms with E-state index in [1.807, 2.05) is 48.5 Å². The molecule has 2 N–H and O–H groups in total. The molecule has 46 heavy (non-hydrogen) atoms. The van der Waals surface area contributed by atoms with Crippen LogP contribution >= 0.6 is 0 Å². The van der Waals surface area contributed by atoms with Gasteiger partial charge in [-0.05, 0) is 90.8 Å². The van der Waals surface area contributed by atoms with E-state index in [4.69, 9.17) is 24.1 Å². The van der Waals surface area contributed by atoms with E-state index in [9.17, 15) is 19.5 Å². The van der Waals surface area contributed by atoms with Gasteiger partial charge < -0.3 is 34.1 Å². The van der Waals surface area contributed by atoms with Crippen LogP contribution in [0.4, 0.5) is 0 Å². The maximum absolute atomic E-state index is 12.9. The third-order valence-electron chi connectivity index (χ3n) is 7.66. The average molecular weight is 634 g/mol. The number of carbonyl (C=O) groups excluding carboxylic acids is 1. The number of hydrogen-bond acceptors (Lipinski definition) is 7. The number of benzene rings is 3. The van der Waals surface area contributed by atoms with Gasteiger partial charge in [-0.15, -0.1) is 0 Å². The standard InChI is InChI=1S/C36H43NO9/c1-37(2)36(42)28-21-27(26-13-15-32-33(24-26)46-20-19-45-32)22-29(23-28)43-17-6-4-3-5-9-25-10-7-11-31(30(25)14-16-35(40)41)44-18-8-12-34(38)39/h7,10-11,13,15,21-24H,3-6,8-9,12,14,16-20H2,1-2H3,(H,38,39)(H,40,41). The van der Waals surface area contributed by atoms with Crippen LogP contribution in [0.3, 0.4) is 0 Å². The Morgan fingerprint density at radius 2 is 1.48 bits per heavy atom. The molecule has 3 aromatic carbocycles. The highest BCUT2D eigenvalue weighted by atomic mass is 16.6. The van der Waals surface area contributed by atoms with Crippen molar-refractivity contribution in [3.05, 3.63) is 71.3 Å². The minimum Gasteiger partial charge on any atom is -0.494 e. The van der Waals surface area contributed by atoms with Gasteiger partial charge in [0.05, 0.1) is 13.2 Å². The summed E-state index contributed by atoms with van der Waals surface area (Å²) in [5.74, 6) is 0.785. The van der Waals surface area contributed by atoms with Crippen molar-refractivity contribution in [2.45, 2.75) is 57.8 Å². The minimum absolute atomic E-state index is 0.00242. The molecule has 0 saturated carbocycles. The number of carbonyl (C=O) groups is 3. The quantitative estimate of drug-likeness (QED) is 0.156. The Bertz CT molecular complexity index is 1500. The number of rotatable bonds is 18. The fourth-order valence-corrected chi connectivity index (χ4v) is 5.32. The molecule has 0 atom stereocenters. The molecule has 4 rings (SSSR count). The van der Waals surface area contributed by atoms with Crippen LogP contribution in [0, 0.1) is 0 Å². The van der Waals surface area contributed by atoms with Crippen LogP contribution in [0.5, 0.6) is 23.0 Å². The van der Waals surface area contributed by atoms with Gasteiger partial charge in [0.2, 0.25) is 0 Å². The molecule has 10 nitrogen and oxygen atoms in total. The van der Waals surface area contributed by atoms with Gasteiger partial charge in [0.15, 0.2) is 11.5 Å². The van der Waals surface area contributed by atoms with E-state index in [0.717, 1.165) is 54.4 Å². The largest absolute Gasteiger partial charge is 0.494 e. The van der Waals surface area contributed by atoms with Gasteiger partial charge in [-0.3, -0.25) is 14.4 Å². The smallest absolute Gasteiger partial charge is 0.303 e. The molecule has 0 radical (unpaired) electrons. The lowest BCUT2D eigenvalue weighted by Gasteiger charge is -2.19. The predicted octanol–water partition coefficient (Wildman–Crippen LogP) is 6.27. The monoisotopic (exact) mass is 633 g/mol. The Kier molecular flexibility index (Phi) is 12.7. The number of aliphatic carboxylic acids is 2. The van der Waals surface area contributed by atoms with Gasteiger partial charge in [-0.2, -0.15) is 0 Å². The summed E-state index contributed by atoms with van der Waals surface area (Å²) in [5, 5.41) is 18.1. The second kappa shape index (κ2) is 17.1. The van der Waals surface area contributed by atoms with Crippen LogP contribution in [0.25, 0.3) is 11.1 Å². The summed E-state index contributed by atoms with van der Waals surface area (Å²) in [6.07, 6.45) is 5.22. The zero-order valence-electron chi connectivity index (χ0n) is 26.6. The maximum Gasteiger partial charge on any atom is 0.303 e. The van der Waals surface area contributed by atoms with Crippen LogP contribution in [0.15, 0.2) is 54.6 Å². The molecule has 1 aliphatic heterocycles. The van der Waals surface area contributed by atoms with Crippen molar-refractivity contribution in [2.75, 3.05) is 40.5 Å². The summed E-state index contributed by atoms with van der Waals surface area (Å²) in [4.78, 5) is 36.5. The lowest BCUT2D eigenvalue weighted by Crippen LogP contribution is -2.21. The van der Waals surface area contributed by atoms with E-state index in [1.54, 1.807) is 25.1 Å². The highest BCUT2D eigenvalue weighted by Gasteiger charge is 2.16. The summed E-state index contributed by atoms with van der Waals surface area (Å²) >= 11 is 0. The number of fused-ring (bicyclic) bond motifs is 1. The van der Waals surface area contributed by atoms with Crippen molar-refractivity contribution in [3.63, 3.8) is 0 Å². The number of unbranched alkanes of at least 4 members (excludes halogenated alkanes) is 3. The molecule has 0 saturated heterocycles. The number of carboxylic acids is 2. The van der Waals surface area contributed by atoms with Crippen LogP contribution in [0.1, 0.15) is 66.4 Å². The van der Waals surface area contributed by atoms with Crippen LogP contribution in [-0.4, -0.2) is 73.5 Å². The zero-order chi connectivity index (χ0) is 32.9. The molecular formula is C36H43NO9. The average Bonchev–Trinajstić information content (AvgIpc) is 3.04. The Hall–Kier alpha value is -4.73. The van der Waals surface area contributed by atoms with Crippen molar-refractivity contribution in [1.29, 1.82) is 0 Å². The van der Waals surface area contributed by atoms with Gasteiger partial charge in [0.25, 0.3) is 5.91 Å². The molecule has 0 bridgehead atoms. The Balaban J connectivity index is 1.32. The number of nitrogens with zero attached hydrogens (tertiary/aromatic N) is 1. The van der Waals surface area contributed by atoms with Crippen molar-refractivity contribution >= 4 is 17.8 Å². The summed E-state index contributed by atoms with van der Waals surface area (Å²) in [7, 11) is 3.45. The Morgan fingerprint density at radius 3 is 2.24 bits per heavy atom. The molecule has 0 unspecified atom stereocenters. The first-order valence-corrected chi connectivity index (χ1v) is 15.8. The number of hydrogen-bond donors (Lipinski definition) is 2. The lowest BCUT2D eigenvalue weighted by atomic mass is 9.97. The van der Waals surface area contributed by atoms with Gasteiger partial charge in [0.1, 0.15) is 24.7 Å². The van der Waals surface area contributed by atoms with Crippen molar-refractivity contribution in [3.8, 4) is 34.1 Å². The minimum atomic E-state index is -0.873. The fourth-order valence-electron chi connectivity index (χ4n) is 5.32. The zero-order valence-corrected chi connectivity index (χ0v) is 26.6. The van der Waals surface area contributed by atoms with Gasteiger partial charge >= 0.3 is 11.9 Å². The van der Waals surface area contributed by atoms with Gasteiger partial charge in [-0.25, -0.2) is 0 Å². The lowest BCUT2D eigenvalue weighted by molar-refractivity contribution is -0.138. The molecular weight excluding hydrogens is 590 g/mol. The van der Waals surface area contributed by atoms with E-state index in [2.05, 4.69) is 0 Å². The van der Waals surface area contributed by atoms with Crippen molar-refractivity contribution < 1.29 is 43.5 Å². The maximum atomic E-state index is 12.9. The van der Waals surface area contributed by atoms with E-state index >= 15 is 0 Å². The molecule has 0 aromatic heterocycles. The van der Waals surface area contributed by atoms with E-state index in [1.165, 1.54) is 0 Å². The van der Waals surface area contributed by atoms with Crippen LogP contribution in [-0.2, 0) is 22.4 Å². The van der Waals surface area contributed by atoms with E-state index in [0.29, 0.717) is 61.2 Å². The van der Waals surface area contributed by atoms with Crippen molar-refractivity contribution in [2.24, 2.45) is 0 Å². The normalized spacial score (nSPS) is 12.0. The first-order chi connectivity index (χ1) is 22.2. The molecule has 1 aliphatic rings. The second-order valence-electron chi connectivity index (χ2n) is 11.5. The fraction of sp³-hybridized carbons (Fsp3) is 0.417. The highest BCUT2D eigenvalue weighted by molar-refractivity contribution is 5.95. The Morgan fingerprint density at radius 1 is 0.739 bits per heavy atom. The predicted molar refractivity (Wildman–Crippen MR) is 173 cm³/mol. The second-order valence-corrected chi connectivity index (χ2v) is 11.5. The van der Waals surface area contributed by atoms with Crippen molar-refractivity contribution in [1.82, 2.24) is 4.90 Å². The first-order valence-electron chi connectivity index (χ1n) is 15.8. The molecule has 246 valence electrons. The molecule has 0 aliphatic carbocycles. The van der Waals surface area contributed by atoms with E-state index < -0.39 is 11.9 Å². The SMILES string of the molecule is CN(C)C(=O)c1cc(OCCCCCCc2cccc(OCCCC(=O)O)c2CCC(=O)O)cc(-c2ccc3c(c2)OCCO3)c1. The molecule has 0 spiro atoms. The molecule has 10 heteroatoms. The van der Waals surface area contributed by atoms with Crippen LogP contribution < -0.4 is 18.9 Å².